The Morgan fingerprint density at radius 1 is 1.02 bits per heavy atom. The lowest BCUT2D eigenvalue weighted by Gasteiger charge is -2.26. The first-order valence-corrected chi connectivity index (χ1v) is 13.2. The number of amides is 2. The number of benzene rings is 3. The first-order chi connectivity index (χ1) is 19.4. The summed E-state index contributed by atoms with van der Waals surface area (Å²) in [5.74, 6) is -0.192. The van der Waals surface area contributed by atoms with Crippen molar-refractivity contribution in [1.82, 2.24) is 10.2 Å². The molecule has 0 aromatic heterocycles. The molecule has 0 aliphatic carbocycles. The van der Waals surface area contributed by atoms with Crippen LogP contribution in [0, 0.1) is 10.1 Å². The molecule has 1 saturated heterocycles. The Hall–Kier alpha value is -4.48. The fourth-order valence-corrected chi connectivity index (χ4v) is 4.88. The number of methoxy groups -OCH3 is 1. The number of anilines is 3. The standard InChI is InChI=1S/C29H31N5O6/c1-39-27-18-21(5-8-26(27)34(37)38)20-4-6-22-24(17-20)31-23-7-3-19(15-25(23)32-29(22)36)16-28(35)30-9-2-10-33-11-13-40-14-12-33/h3-8,15,17-18,31H,2,9-14,16H2,1H3,(H,30,35)(H,32,36). The molecule has 0 atom stereocenters. The topological polar surface area (TPSA) is 135 Å². The largest absolute Gasteiger partial charge is 0.490 e. The molecule has 2 aliphatic heterocycles. The third-order valence-corrected chi connectivity index (χ3v) is 7.02. The molecular weight excluding hydrogens is 514 g/mol. The van der Waals surface area contributed by atoms with E-state index in [1.165, 1.54) is 13.2 Å². The van der Waals surface area contributed by atoms with Gasteiger partial charge >= 0.3 is 5.69 Å². The highest BCUT2D eigenvalue weighted by Crippen LogP contribution is 2.37. The summed E-state index contributed by atoms with van der Waals surface area (Å²) in [6.07, 6.45) is 1.09. The molecule has 0 bridgehead atoms. The molecule has 1 fully saturated rings. The Bertz CT molecular complexity index is 1440. The van der Waals surface area contributed by atoms with Crippen molar-refractivity contribution < 1.29 is 24.0 Å². The quantitative estimate of drug-likeness (QED) is 0.209. The zero-order valence-corrected chi connectivity index (χ0v) is 22.2. The Balaban J connectivity index is 1.25. The number of carbonyl (C=O) groups excluding carboxylic acids is 2. The van der Waals surface area contributed by atoms with Crippen molar-refractivity contribution in [1.29, 1.82) is 0 Å². The van der Waals surface area contributed by atoms with E-state index in [4.69, 9.17) is 9.47 Å². The average molecular weight is 546 g/mol. The summed E-state index contributed by atoms with van der Waals surface area (Å²) in [4.78, 5) is 38.7. The molecule has 208 valence electrons. The number of nitrogens with one attached hydrogen (secondary N) is 3. The maximum absolute atomic E-state index is 13.0. The molecule has 2 amide bonds. The molecule has 3 aromatic rings. The van der Waals surface area contributed by atoms with Crippen LogP contribution in [-0.4, -0.2) is 68.1 Å². The molecule has 0 unspecified atom stereocenters. The van der Waals surface area contributed by atoms with E-state index in [9.17, 15) is 19.7 Å². The molecule has 0 spiro atoms. The Kier molecular flexibility index (Phi) is 8.23. The first kappa shape index (κ1) is 27.1. The van der Waals surface area contributed by atoms with Crippen molar-refractivity contribution in [3.63, 3.8) is 0 Å². The fourth-order valence-electron chi connectivity index (χ4n) is 4.88. The molecule has 3 N–H and O–H groups in total. The molecule has 2 aliphatic rings. The molecule has 2 heterocycles. The first-order valence-electron chi connectivity index (χ1n) is 13.2. The van der Waals surface area contributed by atoms with E-state index in [0.717, 1.165) is 50.4 Å². The Morgan fingerprint density at radius 3 is 2.58 bits per heavy atom. The minimum Gasteiger partial charge on any atom is -0.490 e. The van der Waals surface area contributed by atoms with E-state index in [2.05, 4.69) is 20.9 Å². The van der Waals surface area contributed by atoms with Gasteiger partial charge in [-0.25, -0.2) is 0 Å². The van der Waals surface area contributed by atoms with E-state index in [1.807, 2.05) is 24.3 Å². The number of rotatable bonds is 9. The maximum atomic E-state index is 13.0. The van der Waals surface area contributed by atoms with E-state index >= 15 is 0 Å². The highest BCUT2D eigenvalue weighted by molar-refractivity contribution is 6.12. The maximum Gasteiger partial charge on any atom is 0.310 e. The summed E-state index contributed by atoms with van der Waals surface area (Å²) in [7, 11) is 1.39. The number of nitrogens with zero attached hydrogens (tertiary/aromatic N) is 2. The van der Waals surface area contributed by atoms with Gasteiger partial charge in [-0.2, -0.15) is 0 Å². The van der Waals surface area contributed by atoms with Gasteiger partial charge in [0.15, 0.2) is 5.75 Å². The van der Waals surface area contributed by atoms with Crippen LogP contribution in [0.2, 0.25) is 0 Å². The summed E-state index contributed by atoms with van der Waals surface area (Å²) >= 11 is 0. The molecule has 3 aromatic carbocycles. The van der Waals surface area contributed by atoms with Crippen LogP contribution >= 0.6 is 0 Å². The molecule has 11 nitrogen and oxygen atoms in total. The highest BCUT2D eigenvalue weighted by Gasteiger charge is 2.21. The lowest BCUT2D eigenvalue weighted by atomic mass is 10.0. The molecule has 11 heteroatoms. The van der Waals surface area contributed by atoms with Gasteiger partial charge in [0.2, 0.25) is 5.91 Å². The van der Waals surface area contributed by atoms with E-state index in [1.54, 1.807) is 24.3 Å². The monoisotopic (exact) mass is 545 g/mol. The molecule has 5 rings (SSSR count). The van der Waals surface area contributed by atoms with Gasteiger partial charge in [-0.3, -0.25) is 24.6 Å². The lowest BCUT2D eigenvalue weighted by molar-refractivity contribution is -0.385. The number of hydrogen-bond acceptors (Lipinski definition) is 8. The number of nitro groups is 1. The summed E-state index contributed by atoms with van der Waals surface area (Å²) < 4.78 is 10.6. The van der Waals surface area contributed by atoms with Crippen molar-refractivity contribution >= 4 is 34.6 Å². The van der Waals surface area contributed by atoms with E-state index in [-0.39, 0.29) is 29.7 Å². The van der Waals surface area contributed by atoms with Crippen LogP contribution in [-0.2, 0) is 16.0 Å². The van der Waals surface area contributed by atoms with Crippen molar-refractivity contribution in [3.8, 4) is 16.9 Å². The number of hydrogen-bond donors (Lipinski definition) is 3. The molecule has 0 radical (unpaired) electrons. The van der Waals surface area contributed by atoms with Gasteiger partial charge in [0, 0.05) is 25.7 Å². The van der Waals surface area contributed by atoms with Crippen LogP contribution in [0.15, 0.2) is 54.6 Å². The van der Waals surface area contributed by atoms with Crippen molar-refractivity contribution in [2.45, 2.75) is 12.8 Å². The van der Waals surface area contributed by atoms with Gasteiger partial charge in [-0.15, -0.1) is 0 Å². The normalized spacial score (nSPS) is 14.7. The Morgan fingerprint density at radius 2 is 1.80 bits per heavy atom. The Labute approximate surface area is 231 Å². The minimum atomic E-state index is -0.493. The smallest absolute Gasteiger partial charge is 0.310 e. The van der Waals surface area contributed by atoms with Crippen LogP contribution < -0.4 is 20.7 Å². The van der Waals surface area contributed by atoms with Crippen LogP contribution in [0.5, 0.6) is 5.75 Å². The zero-order chi connectivity index (χ0) is 28.1. The molecule has 0 saturated carbocycles. The average Bonchev–Trinajstić information content (AvgIpc) is 3.10. The molecule has 40 heavy (non-hydrogen) atoms. The summed E-state index contributed by atoms with van der Waals surface area (Å²) in [5.41, 5.74) is 4.46. The number of nitro benzene ring substituents is 1. The third kappa shape index (κ3) is 6.22. The second-order valence-corrected chi connectivity index (χ2v) is 9.70. The second kappa shape index (κ2) is 12.1. The summed E-state index contributed by atoms with van der Waals surface area (Å²) in [6, 6.07) is 15.5. The number of ether oxygens (including phenoxy) is 2. The van der Waals surface area contributed by atoms with Crippen LogP contribution in [0.25, 0.3) is 11.1 Å². The van der Waals surface area contributed by atoms with Crippen molar-refractivity contribution in [3.05, 3.63) is 75.8 Å². The SMILES string of the molecule is COc1cc(-c2ccc3c(c2)Nc2ccc(CC(=O)NCCCN4CCOCC4)cc2NC3=O)ccc1[N+](=O)[O-]. The van der Waals surface area contributed by atoms with Gasteiger partial charge in [-0.1, -0.05) is 12.1 Å². The highest BCUT2D eigenvalue weighted by atomic mass is 16.6. The molecular formula is C29H31N5O6. The van der Waals surface area contributed by atoms with Gasteiger partial charge in [-0.05, 0) is 66.1 Å². The summed E-state index contributed by atoms with van der Waals surface area (Å²) in [5, 5.41) is 20.5. The van der Waals surface area contributed by atoms with E-state index < -0.39 is 4.92 Å². The second-order valence-electron chi connectivity index (χ2n) is 9.70. The zero-order valence-electron chi connectivity index (χ0n) is 22.2. The minimum absolute atomic E-state index is 0.0683. The predicted molar refractivity (Wildman–Crippen MR) is 151 cm³/mol. The number of fused-ring (bicyclic) bond motifs is 2. The van der Waals surface area contributed by atoms with Gasteiger partial charge in [0.1, 0.15) is 0 Å². The van der Waals surface area contributed by atoms with Crippen LogP contribution in [0.4, 0.5) is 22.7 Å². The van der Waals surface area contributed by atoms with Crippen LogP contribution in [0.3, 0.4) is 0 Å². The summed E-state index contributed by atoms with van der Waals surface area (Å²) in [6.45, 7) is 4.92. The fraction of sp³-hybridized carbons (Fsp3) is 0.310. The number of carbonyl (C=O) groups is 2. The van der Waals surface area contributed by atoms with Crippen molar-refractivity contribution in [2.75, 3.05) is 57.1 Å². The van der Waals surface area contributed by atoms with Gasteiger partial charge < -0.3 is 25.4 Å². The van der Waals surface area contributed by atoms with Gasteiger partial charge in [0.05, 0.1) is 54.3 Å². The van der Waals surface area contributed by atoms with Crippen molar-refractivity contribution in [2.24, 2.45) is 0 Å². The van der Waals surface area contributed by atoms with Gasteiger partial charge in [0.25, 0.3) is 5.91 Å². The predicted octanol–water partition coefficient (Wildman–Crippen LogP) is 3.96. The van der Waals surface area contributed by atoms with E-state index in [0.29, 0.717) is 34.7 Å². The lowest BCUT2D eigenvalue weighted by Crippen LogP contribution is -2.38. The van der Waals surface area contributed by atoms with Crippen LogP contribution in [0.1, 0.15) is 22.3 Å². The number of morpholine rings is 1. The third-order valence-electron chi connectivity index (χ3n) is 7.02.